The Morgan fingerprint density at radius 3 is 2.62 bits per heavy atom. The summed E-state index contributed by atoms with van der Waals surface area (Å²) >= 11 is 12.8. The Balaban J connectivity index is 1.44. The summed E-state index contributed by atoms with van der Waals surface area (Å²) in [6.07, 6.45) is 4.75. The highest BCUT2D eigenvalue weighted by Crippen LogP contribution is 2.35. The average molecular weight is 468 g/mol. The number of halogens is 2. The molecule has 0 unspecified atom stereocenters. The van der Waals surface area contributed by atoms with E-state index in [4.69, 9.17) is 23.2 Å². The molecule has 1 aliphatic heterocycles. The summed E-state index contributed by atoms with van der Waals surface area (Å²) < 4.78 is 0. The van der Waals surface area contributed by atoms with Crippen LogP contribution >= 0.6 is 23.2 Å². The van der Waals surface area contributed by atoms with Crippen molar-refractivity contribution in [2.75, 3.05) is 19.6 Å². The number of carbonyl (C=O) groups is 1. The Morgan fingerprint density at radius 1 is 1.09 bits per heavy atom. The fourth-order valence-corrected chi connectivity index (χ4v) is 4.95. The fraction of sp³-hybridized carbons (Fsp3) is 0.308. The molecule has 0 aliphatic carbocycles. The molecule has 0 spiro atoms. The molecule has 2 heterocycles. The monoisotopic (exact) mass is 467 g/mol. The van der Waals surface area contributed by atoms with Gasteiger partial charge in [0.25, 0.3) is 5.91 Å². The second-order valence-electron chi connectivity index (χ2n) is 8.60. The zero-order valence-corrected chi connectivity index (χ0v) is 19.6. The highest BCUT2D eigenvalue weighted by Gasteiger charge is 2.33. The SMILES string of the molecule is Cc1cc(Cl)c(-c2cc(C(=O)NCC[C@@]3(Cc4ccccc4)CCNC3)ccc2Cl)cn1. The largest absolute Gasteiger partial charge is 0.352 e. The summed E-state index contributed by atoms with van der Waals surface area (Å²) in [6.45, 7) is 4.50. The number of nitrogens with one attached hydrogen (secondary N) is 2. The number of hydrogen-bond acceptors (Lipinski definition) is 3. The first-order valence-electron chi connectivity index (χ1n) is 10.9. The molecule has 1 aromatic heterocycles. The van der Waals surface area contributed by atoms with Crippen molar-refractivity contribution in [2.24, 2.45) is 5.41 Å². The van der Waals surface area contributed by atoms with Crippen LogP contribution in [0.4, 0.5) is 0 Å². The van der Waals surface area contributed by atoms with Crippen molar-refractivity contribution in [3.8, 4) is 11.1 Å². The quantitative estimate of drug-likeness (QED) is 0.467. The van der Waals surface area contributed by atoms with E-state index < -0.39 is 0 Å². The number of benzene rings is 2. The summed E-state index contributed by atoms with van der Waals surface area (Å²) in [5, 5.41) is 7.70. The van der Waals surface area contributed by atoms with E-state index in [-0.39, 0.29) is 11.3 Å². The first-order chi connectivity index (χ1) is 15.5. The molecule has 166 valence electrons. The topological polar surface area (TPSA) is 54.0 Å². The van der Waals surface area contributed by atoms with E-state index in [0.29, 0.717) is 27.7 Å². The van der Waals surface area contributed by atoms with Crippen LogP contribution in [0, 0.1) is 12.3 Å². The molecule has 0 bridgehead atoms. The van der Waals surface area contributed by atoms with Crippen LogP contribution in [0.15, 0.2) is 60.8 Å². The van der Waals surface area contributed by atoms with Crippen molar-refractivity contribution in [1.82, 2.24) is 15.6 Å². The molecule has 0 saturated carbocycles. The molecule has 1 amide bonds. The number of aryl methyl sites for hydroxylation is 1. The summed E-state index contributed by atoms with van der Waals surface area (Å²) in [4.78, 5) is 17.2. The lowest BCUT2D eigenvalue weighted by atomic mass is 9.78. The van der Waals surface area contributed by atoms with Gasteiger partial charge in [-0.2, -0.15) is 0 Å². The minimum absolute atomic E-state index is 0.111. The Bertz CT molecular complexity index is 1100. The van der Waals surface area contributed by atoms with Gasteiger partial charge in [0.1, 0.15) is 0 Å². The molecule has 6 heteroatoms. The number of pyridine rings is 1. The standard InChI is InChI=1S/C26H27Cl2N3O/c1-18-13-24(28)22(16-31-18)21-14-20(7-8-23(21)27)25(32)30-12-10-26(9-11-29-17-26)15-19-5-3-2-4-6-19/h2-8,13-14,16,29H,9-12,15,17H2,1H3,(H,30,32)/t26-/m1/s1. The van der Waals surface area contributed by atoms with Gasteiger partial charge in [-0.15, -0.1) is 0 Å². The molecule has 2 aromatic carbocycles. The first-order valence-corrected chi connectivity index (χ1v) is 11.7. The lowest BCUT2D eigenvalue weighted by Crippen LogP contribution is -2.33. The highest BCUT2D eigenvalue weighted by atomic mass is 35.5. The molecule has 32 heavy (non-hydrogen) atoms. The third kappa shape index (κ3) is 5.32. The summed E-state index contributed by atoms with van der Waals surface area (Å²) in [5.74, 6) is -0.111. The van der Waals surface area contributed by atoms with E-state index in [0.717, 1.165) is 43.6 Å². The number of rotatable bonds is 7. The number of aromatic nitrogens is 1. The van der Waals surface area contributed by atoms with Crippen LogP contribution in [0.2, 0.25) is 10.0 Å². The van der Waals surface area contributed by atoms with E-state index in [1.165, 1.54) is 5.56 Å². The van der Waals surface area contributed by atoms with Crippen LogP contribution < -0.4 is 10.6 Å². The Hall–Kier alpha value is -2.40. The van der Waals surface area contributed by atoms with Crippen LogP contribution in [0.5, 0.6) is 0 Å². The number of nitrogens with zero attached hydrogens (tertiary/aromatic N) is 1. The van der Waals surface area contributed by atoms with Gasteiger partial charge >= 0.3 is 0 Å². The lowest BCUT2D eigenvalue weighted by molar-refractivity contribution is 0.0947. The smallest absolute Gasteiger partial charge is 0.251 e. The second kappa shape index (κ2) is 10.0. The summed E-state index contributed by atoms with van der Waals surface area (Å²) in [5.41, 5.74) is 4.32. The van der Waals surface area contributed by atoms with Crippen molar-refractivity contribution in [2.45, 2.75) is 26.2 Å². The second-order valence-corrected chi connectivity index (χ2v) is 9.41. The van der Waals surface area contributed by atoms with Crippen molar-refractivity contribution in [3.05, 3.63) is 87.7 Å². The van der Waals surface area contributed by atoms with E-state index in [2.05, 4.69) is 39.9 Å². The summed E-state index contributed by atoms with van der Waals surface area (Å²) in [6, 6.07) is 17.6. The van der Waals surface area contributed by atoms with Gasteiger partial charge in [-0.05, 0) is 68.0 Å². The predicted molar refractivity (Wildman–Crippen MR) is 131 cm³/mol. The molecule has 1 atom stereocenters. The number of hydrogen-bond donors (Lipinski definition) is 2. The molecule has 2 N–H and O–H groups in total. The van der Waals surface area contributed by atoms with Crippen molar-refractivity contribution < 1.29 is 4.79 Å². The maximum Gasteiger partial charge on any atom is 0.251 e. The zero-order valence-electron chi connectivity index (χ0n) is 18.1. The normalized spacial score (nSPS) is 18.0. The third-order valence-corrected chi connectivity index (χ3v) is 6.85. The molecule has 1 saturated heterocycles. The Kier molecular flexibility index (Phi) is 7.14. The van der Waals surface area contributed by atoms with Gasteiger partial charge in [-0.25, -0.2) is 0 Å². The van der Waals surface area contributed by atoms with Crippen molar-refractivity contribution in [3.63, 3.8) is 0 Å². The first kappa shape index (κ1) is 22.8. The van der Waals surface area contributed by atoms with Crippen molar-refractivity contribution >= 4 is 29.1 Å². The van der Waals surface area contributed by atoms with Gasteiger partial charge in [0.15, 0.2) is 0 Å². The van der Waals surface area contributed by atoms with E-state index >= 15 is 0 Å². The van der Waals surface area contributed by atoms with Crippen LogP contribution in [0.3, 0.4) is 0 Å². The van der Waals surface area contributed by atoms with Crippen LogP contribution in [0.25, 0.3) is 11.1 Å². The molecule has 3 aromatic rings. The molecular formula is C26H27Cl2N3O. The third-order valence-electron chi connectivity index (χ3n) is 6.20. The zero-order chi connectivity index (χ0) is 22.6. The number of amides is 1. The van der Waals surface area contributed by atoms with Gasteiger partial charge in [0, 0.05) is 46.7 Å². The summed E-state index contributed by atoms with van der Waals surface area (Å²) in [7, 11) is 0. The maximum absolute atomic E-state index is 12.9. The van der Waals surface area contributed by atoms with Gasteiger partial charge in [0.05, 0.1) is 5.02 Å². The minimum Gasteiger partial charge on any atom is -0.352 e. The van der Waals surface area contributed by atoms with Crippen LogP contribution in [-0.4, -0.2) is 30.5 Å². The average Bonchev–Trinajstić information content (AvgIpc) is 3.23. The minimum atomic E-state index is -0.111. The molecule has 0 radical (unpaired) electrons. The lowest BCUT2D eigenvalue weighted by Gasteiger charge is -2.28. The fourth-order valence-electron chi connectivity index (χ4n) is 4.42. The van der Waals surface area contributed by atoms with Gasteiger partial charge in [0.2, 0.25) is 0 Å². The molecule has 4 nitrogen and oxygen atoms in total. The van der Waals surface area contributed by atoms with Crippen molar-refractivity contribution in [1.29, 1.82) is 0 Å². The van der Waals surface area contributed by atoms with E-state index in [1.54, 1.807) is 30.5 Å². The highest BCUT2D eigenvalue weighted by molar-refractivity contribution is 6.36. The van der Waals surface area contributed by atoms with Gasteiger partial charge in [-0.3, -0.25) is 9.78 Å². The van der Waals surface area contributed by atoms with E-state index in [1.807, 2.05) is 13.0 Å². The molecule has 4 rings (SSSR count). The van der Waals surface area contributed by atoms with Gasteiger partial charge < -0.3 is 10.6 Å². The predicted octanol–water partition coefficient (Wildman–Crippen LogP) is 5.71. The van der Waals surface area contributed by atoms with Crippen LogP contribution in [0.1, 0.15) is 34.5 Å². The van der Waals surface area contributed by atoms with Gasteiger partial charge in [-0.1, -0.05) is 53.5 Å². The maximum atomic E-state index is 12.9. The molecule has 1 aliphatic rings. The van der Waals surface area contributed by atoms with Crippen LogP contribution in [-0.2, 0) is 6.42 Å². The number of carbonyl (C=O) groups excluding carboxylic acids is 1. The molecule has 1 fully saturated rings. The molecular weight excluding hydrogens is 441 g/mol. The van der Waals surface area contributed by atoms with E-state index in [9.17, 15) is 4.79 Å². The Labute approximate surface area is 199 Å². The Morgan fingerprint density at radius 2 is 1.91 bits per heavy atom.